The highest BCUT2D eigenvalue weighted by atomic mass is 16.5. The highest BCUT2D eigenvalue weighted by Gasteiger charge is 2.35. The molecule has 0 aromatic heterocycles. The summed E-state index contributed by atoms with van der Waals surface area (Å²) in [5.41, 5.74) is 0. The van der Waals surface area contributed by atoms with E-state index in [1.54, 1.807) is 0 Å². The maximum atomic E-state index is 11.8. The summed E-state index contributed by atoms with van der Waals surface area (Å²) < 4.78 is 4.81. The third-order valence-electron chi connectivity index (χ3n) is 4.64. The lowest BCUT2D eigenvalue weighted by molar-refractivity contribution is -0.146. The van der Waals surface area contributed by atoms with Gasteiger partial charge in [0.25, 0.3) is 0 Å². The number of amides is 1. The van der Waals surface area contributed by atoms with Crippen LogP contribution in [0, 0.1) is 5.92 Å². The predicted molar refractivity (Wildman–Crippen MR) is 76.2 cm³/mol. The van der Waals surface area contributed by atoms with Gasteiger partial charge in [-0.15, -0.1) is 0 Å². The molecule has 2 rings (SSSR count). The van der Waals surface area contributed by atoms with Gasteiger partial charge in [0.1, 0.15) is 6.04 Å². The summed E-state index contributed by atoms with van der Waals surface area (Å²) in [6.07, 6.45) is 7.64. The minimum absolute atomic E-state index is 0.183. The van der Waals surface area contributed by atoms with Crippen LogP contribution in [-0.2, 0) is 14.3 Å². The fourth-order valence-electron chi connectivity index (χ4n) is 3.76. The van der Waals surface area contributed by atoms with Crippen molar-refractivity contribution < 1.29 is 14.3 Å². The fraction of sp³-hybridized carbons (Fsp3) is 0.867. The van der Waals surface area contributed by atoms with Crippen LogP contribution < -0.4 is 5.32 Å². The molecule has 5 heteroatoms. The zero-order valence-electron chi connectivity index (χ0n) is 12.6. The van der Waals surface area contributed by atoms with Gasteiger partial charge in [0.2, 0.25) is 5.91 Å². The number of hydrogen-bond acceptors (Lipinski definition) is 4. The lowest BCUT2D eigenvalue weighted by Gasteiger charge is -2.45. The molecular weight excluding hydrogens is 256 g/mol. The standard InChI is InChI=1S/C15H26N2O3/c1-11(18)16-13(15(19)20-2)10-17-9-5-7-12-6-3-4-8-14(12)17/h12-14H,3-10H2,1-2H3,(H,16,18). The second kappa shape index (κ2) is 7.07. The number of piperidine rings is 1. The summed E-state index contributed by atoms with van der Waals surface area (Å²) in [6, 6.07) is 0.0385. The van der Waals surface area contributed by atoms with Crippen molar-refractivity contribution in [1.82, 2.24) is 10.2 Å². The van der Waals surface area contributed by atoms with Gasteiger partial charge < -0.3 is 10.1 Å². The van der Waals surface area contributed by atoms with Gasteiger partial charge in [-0.05, 0) is 38.1 Å². The molecule has 2 fully saturated rings. The summed E-state index contributed by atoms with van der Waals surface area (Å²) in [4.78, 5) is 25.5. The number of methoxy groups -OCH3 is 1. The van der Waals surface area contributed by atoms with E-state index in [2.05, 4.69) is 10.2 Å². The summed E-state index contributed by atoms with van der Waals surface area (Å²) in [6.45, 7) is 3.04. The van der Waals surface area contributed by atoms with E-state index >= 15 is 0 Å². The molecule has 1 heterocycles. The highest BCUT2D eigenvalue weighted by Crippen LogP contribution is 2.35. The van der Waals surface area contributed by atoms with E-state index in [-0.39, 0.29) is 11.9 Å². The van der Waals surface area contributed by atoms with E-state index in [9.17, 15) is 9.59 Å². The second-order valence-corrected chi connectivity index (χ2v) is 6.03. The lowest BCUT2D eigenvalue weighted by atomic mass is 9.78. The molecule has 1 saturated heterocycles. The Bertz CT molecular complexity index is 357. The van der Waals surface area contributed by atoms with Gasteiger partial charge in [-0.3, -0.25) is 9.69 Å². The van der Waals surface area contributed by atoms with Gasteiger partial charge in [-0.2, -0.15) is 0 Å². The van der Waals surface area contributed by atoms with Crippen LogP contribution in [0.15, 0.2) is 0 Å². The van der Waals surface area contributed by atoms with E-state index in [4.69, 9.17) is 4.74 Å². The number of hydrogen-bond donors (Lipinski definition) is 1. The minimum atomic E-state index is -0.543. The van der Waals surface area contributed by atoms with Crippen molar-refractivity contribution in [2.24, 2.45) is 5.92 Å². The molecule has 5 nitrogen and oxygen atoms in total. The number of esters is 1. The largest absolute Gasteiger partial charge is 0.467 e. The molecular formula is C15H26N2O3. The zero-order valence-corrected chi connectivity index (χ0v) is 12.6. The van der Waals surface area contributed by atoms with E-state index in [1.165, 1.54) is 52.6 Å². The van der Waals surface area contributed by atoms with Gasteiger partial charge in [0.05, 0.1) is 7.11 Å². The molecule has 3 atom stereocenters. The molecule has 114 valence electrons. The molecule has 1 saturated carbocycles. The van der Waals surface area contributed by atoms with Gasteiger partial charge in [-0.25, -0.2) is 4.79 Å². The molecule has 3 unspecified atom stereocenters. The Morgan fingerprint density at radius 1 is 1.25 bits per heavy atom. The Labute approximate surface area is 121 Å². The number of nitrogens with one attached hydrogen (secondary N) is 1. The number of likely N-dealkylation sites (tertiary alicyclic amines) is 1. The van der Waals surface area contributed by atoms with Crippen LogP contribution in [0.4, 0.5) is 0 Å². The van der Waals surface area contributed by atoms with E-state index < -0.39 is 6.04 Å². The SMILES string of the molecule is COC(=O)C(CN1CCCC2CCCCC21)NC(C)=O. The van der Waals surface area contributed by atoms with Crippen molar-refractivity contribution in [3.63, 3.8) is 0 Å². The predicted octanol–water partition coefficient (Wildman–Crippen LogP) is 1.32. The molecule has 20 heavy (non-hydrogen) atoms. The van der Waals surface area contributed by atoms with E-state index in [1.807, 2.05) is 0 Å². The summed E-state index contributed by atoms with van der Waals surface area (Å²) in [5, 5.41) is 2.72. The Morgan fingerprint density at radius 3 is 2.65 bits per heavy atom. The molecule has 0 aromatic rings. The zero-order chi connectivity index (χ0) is 14.5. The molecule has 1 aliphatic carbocycles. The van der Waals surface area contributed by atoms with Crippen LogP contribution in [0.5, 0.6) is 0 Å². The van der Waals surface area contributed by atoms with Crippen LogP contribution in [0.3, 0.4) is 0 Å². The second-order valence-electron chi connectivity index (χ2n) is 6.03. The Balaban J connectivity index is 2.00. The molecule has 2 aliphatic rings. The van der Waals surface area contributed by atoms with Crippen LogP contribution in [-0.4, -0.2) is 49.1 Å². The van der Waals surface area contributed by atoms with Gasteiger partial charge in [0.15, 0.2) is 0 Å². The fourth-order valence-corrected chi connectivity index (χ4v) is 3.76. The maximum absolute atomic E-state index is 11.8. The minimum Gasteiger partial charge on any atom is -0.467 e. The molecule has 1 N–H and O–H groups in total. The molecule has 0 bridgehead atoms. The van der Waals surface area contributed by atoms with Crippen LogP contribution in [0.1, 0.15) is 45.4 Å². The van der Waals surface area contributed by atoms with Crippen molar-refractivity contribution >= 4 is 11.9 Å². The smallest absolute Gasteiger partial charge is 0.329 e. The molecule has 0 radical (unpaired) electrons. The number of ether oxygens (including phenoxy) is 1. The van der Waals surface area contributed by atoms with Crippen LogP contribution in [0.2, 0.25) is 0 Å². The maximum Gasteiger partial charge on any atom is 0.329 e. The average Bonchev–Trinajstić information content (AvgIpc) is 2.45. The number of nitrogens with zero attached hydrogens (tertiary/aromatic N) is 1. The van der Waals surface area contributed by atoms with Gasteiger partial charge in [-0.1, -0.05) is 12.8 Å². The monoisotopic (exact) mass is 282 g/mol. The Hall–Kier alpha value is -1.10. The van der Waals surface area contributed by atoms with Crippen molar-refractivity contribution in [1.29, 1.82) is 0 Å². The first-order chi connectivity index (χ1) is 9.61. The molecule has 0 spiro atoms. The summed E-state index contributed by atoms with van der Waals surface area (Å²) in [7, 11) is 1.37. The molecule has 0 aromatic carbocycles. The summed E-state index contributed by atoms with van der Waals surface area (Å²) >= 11 is 0. The van der Waals surface area contributed by atoms with Crippen LogP contribution >= 0.6 is 0 Å². The first kappa shape index (κ1) is 15.3. The number of carbonyl (C=O) groups excluding carboxylic acids is 2. The van der Waals surface area contributed by atoms with Crippen molar-refractivity contribution in [3.8, 4) is 0 Å². The molecule has 1 amide bonds. The van der Waals surface area contributed by atoms with Crippen molar-refractivity contribution in [2.45, 2.75) is 57.5 Å². The number of carbonyl (C=O) groups is 2. The quantitative estimate of drug-likeness (QED) is 0.790. The van der Waals surface area contributed by atoms with E-state index in [0.717, 1.165) is 12.5 Å². The van der Waals surface area contributed by atoms with E-state index in [0.29, 0.717) is 12.6 Å². The first-order valence-electron chi connectivity index (χ1n) is 7.70. The topological polar surface area (TPSA) is 58.6 Å². The third kappa shape index (κ3) is 3.72. The summed E-state index contributed by atoms with van der Waals surface area (Å²) in [5.74, 6) is 0.240. The Kier molecular flexibility index (Phi) is 5.40. The highest BCUT2D eigenvalue weighted by molar-refractivity contribution is 5.83. The normalized spacial score (nSPS) is 28.3. The number of fused-ring (bicyclic) bond motifs is 1. The molecule has 1 aliphatic heterocycles. The average molecular weight is 282 g/mol. The first-order valence-corrected chi connectivity index (χ1v) is 7.70. The van der Waals surface area contributed by atoms with Crippen molar-refractivity contribution in [2.75, 3.05) is 20.2 Å². The Morgan fingerprint density at radius 2 is 1.95 bits per heavy atom. The lowest BCUT2D eigenvalue weighted by Crippen LogP contribution is -2.54. The van der Waals surface area contributed by atoms with Crippen molar-refractivity contribution in [3.05, 3.63) is 0 Å². The van der Waals surface area contributed by atoms with Gasteiger partial charge >= 0.3 is 5.97 Å². The van der Waals surface area contributed by atoms with Gasteiger partial charge in [0, 0.05) is 19.5 Å². The van der Waals surface area contributed by atoms with Crippen LogP contribution in [0.25, 0.3) is 0 Å². The number of rotatable bonds is 4. The third-order valence-corrected chi connectivity index (χ3v) is 4.64.